The number of aromatic nitrogens is 1. The van der Waals surface area contributed by atoms with E-state index in [0.29, 0.717) is 6.42 Å². The van der Waals surface area contributed by atoms with Gasteiger partial charge in [0.05, 0.1) is 0 Å². The summed E-state index contributed by atoms with van der Waals surface area (Å²) in [6, 6.07) is 3.68. The van der Waals surface area contributed by atoms with Crippen LogP contribution in [0, 0.1) is 0 Å². The minimum atomic E-state index is -1.14. The van der Waals surface area contributed by atoms with Crippen LogP contribution in [0.4, 0.5) is 5.82 Å². The highest BCUT2D eigenvalue weighted by atomic mass is 16.4. The summed E-state index contributed by atoms with van der Waals surface area (Å²) in [7, 11) is 0. The van der Waals surface area contributed by atoms with Crippen molar-refractivity contribution in [2.45, 2.75) is 32.2 Å². The largest absolute Gasteiger partial charge is 0.480 e. The van der Waals surface area contributed by atoms with Gasteiger partial charge in [-0.05, 0) is 18.6 Å². The van der Waals surface area contributed by atoms with Crippen LogP contribution in [0.3, 0.4) is 0 Å². The monoisotopic (exact) mass is 252 g/mol. The lowest BCUT2D eigenvalue weighted by molar-refractivity contribution is -0.138. The van der Waals surface area contributed by atoms with Crippen LogP contribution >= 0.6 is 0 Å². The fraction of sp³-hybridized carbons (Fsp3) is 0.417. The van der Waals surface area contributed by atoms with Crippen molar-refractivity contribution < 1.29 is 19.8 Å². The molecule has 98 valence electrons. The molecule has 18 heavy (non-hydrogen) atoms. The summed E-state index contributed by atoms with van der Waals surface area (Å²) in [5, 5.41) is 20.6. The first-order valence-corrected chi connectivity index (χ1v) is 5.74. The molecule has 0 bridgehead atoms. The third-order valence-electron chi connectivity index (χ3n) is 2.43. The molecule has 6 nitrogen and oxygen atoms in total. The Labute approximate surface area is 105 Å². The molecule has 0 spiro atoms. The highest BCUT2D eigenvalue weighted by Gasteiger charge is 2.17. The molecule has 1 aromatic heterocycles. The smallest absolute Gasteiger partial charge is 0.354 e. The van der Waals surface area contributed by atoms with E-state index in [0.717, 1.165) is 12.8 Å². The van der Waals surface area contributed by atoms with Gasteiger partial charge < -0.3 is 15.5 Å². The molecule has 1 aromatic rings. The molecule has 0 fully saturated rings. The molecule has 0 amide bonds. The van der Waals surface area contributed by atoms with Crippen molar-refractivity contribution in [2.75, 3.05) is 5.32 Å². The van der Waals surface area contributed by atoms with E-state index >= 15 is 0 Å². The number of hydrogen-bond acceptors (Lipinski definition) is 4. The van der Waals surface area contributed by atoms with E-state index in [1.807, 2.05) is 6.92 Å². The number of rotatable bonds is 7. The average molecular weight is 252 g/mol. The number of unbranched alkanes of at least 4 members (excludes halogenated alkanes) is 1. The van der Waals surface area contributed by atoms with Crippen molar-refractivity contribution in [2.24, 2.45) is 0 Å². The Bertz CT molecular complexity index is 434. The summed E-state index contributed by atoms with van der Waals surface area (Å²) in [5.74, 6) is -1.84. The predicted molar refractivity (Wildman–Crippen MR) is 65.8 cm³/mol. The Morgan fingerprint density at radius 2 is 2.11 bits per heavy atom. The number of nitrogens with one attached hydrogen (secondary N) is 1. The number of aromatic carboxylic acids is 1. The number of aliphatic carboxylic acids is 1. The van der Waals surface area contributed by atoms with Gasteiger partial charge in [0.25, 0.3) is 0 Å². The summed E-state index contributed by atoms with van der Waals surface area (Å²) >= 11 is 0. The molecule has 0 saturated heterocycles. The molecule has 1 rings (SSSR count). The SMILES string of the molecule is CCCCC(Nc1cccc(C(=O)O)n1)C(=O)O. The number of carbonyl (C=O) groups is 2. The molecule has 0 aliphatic rings. The highest BCUT2D eigenvalue weighted by Crippen LogP contribution is 2.10. The molecule has 0 saturated carbocycles. The Morgan fingerprint density at radius 1 is 1.39 bits per heavy atom. The highest BCUT2D eigenvalue weighted by molar-refractivity contribution is 5.86. The molecule has 0 aromatic carbocycles. The Morgan fingerprint density at radius 3 is 2.67 bits per heavy atom. The minimum Gasteiger partial charge on any atom is -0.480 e. The second-order valence-electron chi connectivity index (χ2n) is 3.89. The predicted octanol–water partition coefficient (Wildman–Crippen LogP) is 1.84. The fourth-order valence-electron chi connectivity index (χ4n) is 1.48. The molecule has 0 aliphatic heterocycles. The maximum atomic E-state index is 11.0. The number of anilines is 1. The number of carboxylic acids is 2. The van der Waals surface area contributed by atoms with Crippen LogP contribution in [0.5, 0.6) is 0 Å². The van der Waals surface area contributed by atoms with Crippen LogP contribution in [0.25, 0.3) is 0 Å². The van der Waals surface area contributed by atoms with Gasteiger partial charge in [0.2, 0.25) is 0 Å². The fourth-order valence-corrected chi connectivity index (χ4v) is 1.48. The molecule has 1 heterocycles. The molecule has 3 N–H and O–H groups in total. The van der Waals surface area contributed by atoms with E-state index in [4.69, 9.17) is 10.2 Å². The van der Waals surface area contributed by atoms with E-state index in [-0.39, 0.29) is 11.5 Å². The first-order valence-electron chi connectivity index (χ1n) is 5.74. The lowest BCUT2D eigenvalue weighted by Crippen LogP contribution is -2.29. The molecule has 1 atom stereocenters. The van der Waals surface area contributed by atoms with Gasteiger partial charge in [0.1, 0.15) is 11.9 Å². The van der Waals surface area contributed by atoms with Crippen LogP contribution in [0.15, 0.2) is 18.2 Å². The van der Waals surface area contributed by atoms with Gasteiger partial charge in [-0.3, -0.25) is 0 Å². The molecule has 0 aliphatic carbocycles. The van der Waals surface area contributed by atoms with Crippen LogP contribution in [-0.4, -0.2) is 33.2 Å². The van der Waals surface area contributed by atoms with Gasteiger partial charge in [0.15, 0.2) is 5.69 Å². The zero-order valence-electron chi connectivity index (χ0n) is 10.1. The van der Waals surface area contributed by atoms with Gasteiger partial charge in [0, 0.05) is 0 Å². The van der Waals surface area contributed by atoms with Gasteiger partial charge in [-0.2, -0.15) is 0 Å². The average Bonchev–Trinajstić information content (AvgIpc) is 2.34. The summed E-state index contributed by atoms with van der Waals surface area (Å²) < 4.78 is 0. The lowest BCUT2D eigenvalue weighted by Gasteiger charge is -2.14. The maximum absolute atomic E-state index is 11.0. The van der Waals surface area contributed by atoms with Crippen molar-refractivity contribution >= 4 is 17.8 Å². The summed E-state index contributed by atoms with van der Waals surface area (Å²) in [6.07, 6.45) is 2.15. The van der Waals surface area contributed by atoms with Crippen LogP contribution < -0.4 is 5.32 Å². The lowest BCUT2D eigenvalue weighted by atomic mass is 10.1. The molecule has 1 unspecified atom stereocenters. The van der Waals surface area contributed by atoms with Crippen LogP contribution in [0.1, 0.15) is 36.7 Å². The number of hydrogen-bond donors (Lipinski definition) is 3. The van der Waals surface area contributed by atoms with E-state index in [1.165, 1.54) is 12.1 Å². The van der Waals surface area contributed by atoms with Gasteiger partial charge in [-0.1, -0.05) is 25.8 Å². The maximum Gasteiger partial charge on any atom is 0.354 e. The van der Waals surface area contributed by atoms with Crippen molar-refractivity contribution in [1.29, 1.82) is 0 Å². The molecular formula is C12H16N2O4. The third-order valence-corrected chi connectivity index (χ3v) is 2.43. The second-order valence-corrected chi connectivity index (χ2v) is 3.89. The molecule has 6 heteroatoms. The van der Waals surface area contributed by atoms with Gasteiger partial charge in [-0.25, -0.2) is 14.6 Å². The van der Waals surface area contributed by atoms with Crippen LogP contribution in [-0.2, 0) is 4.79 Å². The Kier molecular flexibility index (Phi) is 5.10. The van der Waals surface area contributed by atoms with Crippen molar-refractivity contribution in [3.05, 3.63) is 23.9 Å². The zero-order valence-corrected chi connectivity index (χ0v) is 10.1. The van der Waals surface area contributed by atoms with Gasteiger partial charge in [-0.15, -0.1) is 0 Å². The van der Waals surface area contributed by atoms with Crippen LogP contribution in [0.2, 0.25) is 0 Å². The standard InChI is InChI=1S/C12H16N2O4/c1-2-3-5-8(11(15)16)13-10-7-4-6-9(14-10)12(17)18/h4,6-8H,2-3,5H2,1H3,(H,13,14)(H,15,16)(H,17,18). The summed E-state index contributed by atoms with van der Waals surface area (Å²) in [4.78, 5) is 25.6. The topological polar surface area (TPSA) is 99.5 Å². The third kappa shape index (κ3) is 4.04. The first kappa shape index (κ1) is 14.0. The molecular weight excluding hydrogens is 236 g/mol. The number of nitrogens with zero attached hydrogens (tertiary/aromatic N) is 1. The van der Waals surface area contributed by atoms with E-state index in [1.54, 1.807) is 6.07 Å². The van der Waals surface area contributed by atoms with E-state index < -0.39 is 18.0 Å². The van der Waals surface area contributed by atoms with E-state index in [2.05, 4.69) is 10.3 Å². The van der Waals surface area contributed by atoms with Crippen molar-refractivity contribution in [3.8, 4) is 0 Å². The van der Waals surface area contributed by atoms with Gasteiger partial charge >= 0.3 is 11.9 Å². The normalized spacial score (nSPS) is 11.8. The minimum absolute atomic E-state index is 0.111. The Balaban J connectivity index is 2.77. The zero-order chi connectivity index (χ0) is 13.5. The number of pyridine rings is 1. The summed E-state index contributed by atoms with van der Waals surface area (Å²) in [5.41, 5.74) is -0.111. The molecule has 0 radical (unpaired) electrons. The summed E-state index contributed by atoms with van der Waals surface area (Å²) in [6.45, 7) is 1.97. The quantitative estimate of drug-likeness (QED) is 0.684. The first-order chi connectivity index (χ1) is 8.54. The van der Waals surface area contributed by atoms with Crippen molar-refractivity contribution in [3.63, 3.8) is 0 Å². The number of carboxylic acid groups (broad SMARTS) is 2. The second kappa shape index (κ2) is 6.58. The van der Waals surface area contributed by atoms with Crippen molar-refractivity contribution in [1.82, 2.24) is 4.98 Å². The Hall–Kier alpha value is -2.11. The van der Waals surface area contributed by atoms with E-state index in [9.17, 15) is 9.59 Å².